The number of rotatable bonds is 10. The van der Waals surface area contributed by atoms with Gasteiger partial charge in [-0.3, -0.25) is 9.59 Å². The number of fused-ring (bicyclic) bond motifs is 1. The van der Waals surface area contributed by atoms with Gasteiger partial charge in [-0.2, -0.15) is 5.10 Å². The maximum Gasteiger partial charge on any atom is 0.262 e. The lowest BCUT2D eigenvalue weighted by Gasteiger charge is -2.20. The summed E-state index contributed by atoms with van der Waals surface area (Å²) in [4.78, 5) is 25.6. The van der Waals surface area contributed by atoms with Gasteiger partial charge in [0.05, 0.1) is 17.8 Å². The molecule has 3 aromatic rings. The largest absolute Gasteiger partial charge is 0.493 e. The van der Waals surface area contributed by atoms with Crippen LogP contribution in [0.5, 0.6) is 23.0 Å². The van der Waals surface area contributed by atoms with Crippen LogP contribution >= 0.6 is 15.9 Å². The fourth-order valence-electron chi connectivity index (χ4n) is 3.72. The Morgan fingerprint density at radius 3 is 2.58 bits per heavy atom. The first-order valence-corrected chi connectivity index (χ1v) is 12.7. The first kappa shape index (κ1) is 27.0. The van der Waals surface area contributed by atoms with Gasteiger partial charge < -0.3 is 24.3 Å². The number of halogens is 1. The van der Waals surface area contributed by atoms with Crippen molar-refractivity contribution in [1.29, 1.82) is 0 Å². The molecule has 1 aliphatic rings. The number of carbonyl (C=O) groups excluding carboxylic acids is 2. The molecule has 1 unspecified atom stereocenters. The maximum absolute atomic E-state index is 12.9. The molecule has 0 spiro atoms. The molecule has 0 bridgehead atoms. The summed E-state index contributed by atoms with van der Waals surface area (Å²) in [5.41, 5.74) is 4.58. The molecule has 0 aromatic heterocycles. The van der Waals surface area contributed by atoms with Gasteiger partial charge >= 0.3 is 0 Å². The normalized spacial score (nSPS) is 12.9. The zero-order chi connectivity index (χ0) is 27.1. The van der Waals surface area contributed by atoms with Crippen LogP contribution in [0.2, 0.25) is 0 Å². The number of amides is 2. The van der Waals surface area contributed by atoms with Gasteiger partial charge in [-0.05, 0) is 63.3 Å². The zero-order valence-corrected chi connectivity index (χ0v) is 22.8. The second-order valence-corrected chi connectivity index (χ2v) is 9.66. The van der Waals surface area contributed by atoms with Crippen LogP contribution in [0.15, 0.2) is 70.2 Å². The molecule has 0 radical (unpaired) electrons. The number of hydrazone groups is 1. The Balaban J connectivity index is 1.39. The number of carbonyl (C=O) groups is 2. The highest BCUT2D eigenvalue weighted by molar-refractivity contribution is 9.10. The molecule has 3 aromatic carbocycles. The predicted octanol–water partition coefficient (Wildman–Crippen LogP) is 4.67. The lowest BCUT2D eigenvalue weighted by Crippen LogP contribution is -2.48. The molecule has 1 aliphatic heterocycles. The first-order valence-electron chi connectivity index (χ1n) is 11.9. The average molecular weight is 582 g/mol. The monoisotopic (exact) mass is 581 g/mol. The van der Waals surface area contributed by atoms with Crippen LogP contribution in [0.3, 0.4) is 0 Å². The molecule has 0 saturated carbocycles. The number of benzene rings is 3. The van der Waals surface area contributed by atoms with E-state index < -0.39 is 17.9 Å². The number of ether oxygens (including phenoxy) is 4. The molecule has 0 fully saturated rings. The van der Waals surface area contributed by atoms with Crippen molar-refractivity contribution in [3.05, 3.63) is 81.8 Å². The summed E-state index contributed by atoms with van der Waals surface area (Å²) >= 11 is 3.53. The first-order chi connectivity index (χ1) is 18.4. The number of nitrogens with one attached hydrogen (secondary N) is 2. The van der Waals surface area contributed by atoms with Gasteiger partial charge in [0.1, 0.15) is 12.6 Å². The van der Waals surface area contributed by atoms with E-state index in [2.05, 4.69) is 31.8 Å². The van der Waals surface area contributed by atoms with E-state index in [9.17, 15) is 9.59 Å². The van der Waals surface area contributed by atoms with Crippen molar-refractivity contribution in [2.45, 2.75) is 26.5 Å². The van der Waals surface area contributed by atoms with Crippen LogP contribution < -0.4 is 29.7 Å². The van der Waals surface area contributed by atoms with Crippen LogP contribution in [0.4, 0.5) is 0 Å². The fourth-order valence-corrected chi connectivity index (χ4v) is 4.30. The zero-order valence-electron chi connectivity index (χ0n) is 21.2. The maximum atomic E-state index is 12.9. The second kappa shape index (κ2) is 12.5. The number of hydrogen-bond donors (Lipinski definition) is 2. The summed E-state index contributed by atoms with van der Waals surface area (Å²) in [6.45, 7) is 4.17. The molecule has 2 amide bonds. The van der Waals surface area contributed by atoms with Crippen LogP contribution in [0, 0.1) is 5.92 Å². The summed E-state index contributed by atoms with van der Waals surface area (Å²) in [5.74, 6) is 1.11. The van der Waals surface area contributed by atoms with Gasteiger partial charge in [-0.15, -0.1) is 0 Å². The molecule has 0 aliphatic carbocycles. The van der Waals surface area contributed by atoms with Crippen molar-refractivity contribution in [3.63, 3.8) is 0 Å². The van der Waals surface area contributed by atoms with Crippen LogP contribution in [0.1, 0.15) is 35.3 Å². The lowest BCUT2D eigenvalue weighted by atomic mass is 10.0. The van der Waals surface area contributed by atoms with Crippen molar-refractivity contribution in [2.75, 3.05) is 13.9 Å². The van der Waals surface area contributed by atoms with E-state index in [-0.39, 0.29) is 12.7 Å². The summed E-state index contributed by atoms with van der Waals surface area (Å²) < 4.78 is 22.7. The molecule has 1 atom stereocenters. The van der Waals surface area contributed by atoms with E-state index in [1.54, 1.807) is 37.4 Å². The Morgan fingerprint density at radius 2 is 1.84 bits per heavy atom. The van der Waals surface area contributed by atoms with Crippen molar-refractivity contribution < 1.29 is 28.5 Å². The van der Waals surface area contributed by atoms with Crippen LogP contribution in [-0.2, 0) is 11.4 Å². The second-order valence-electron chi connectivity index (χ2n) is 8.81. The summed E-state index contributed by atoms with van der Waals surface area (Å²) in [7, 11) is 1.55. The van der Waals surface area contributed by atoms with Gasteiger partial charge in [0.15, 0.2) is 23.0 Å². The van der Waals surface area contributed by atoms with Crippen LogP contribution in [0.25, 0.3) is 0 Å². The quantitative estimate of drug-likeness (QED) is 0.266. The van der Waals surface area contributed by atoms with Crippen molar-refractivity contribution >= 4 is 34.0 Å². The Kier molecular flexibility index (Phi) is 8.85. The molecule has 38 heavy (non-hydrogen) atoms. The third-order valence-electron chi connectivity index (χ3n) is 5.74. The molecule has 0 saturated heterocycles. The smallest absolute Gasteiger partial charge is 0.262 e. The summed E-state index contributed by atoms with van der Waals surface area (Å²) in [5, 5.41) is 6.85. The van der Waals surface area contributed by atoms with Gasteiger partial charge in [0.2, 0.25) is 6.79 Å². The van der Waals surface area contributed by atoms with Gasteiger partial charge in [0, 0.05) is 5.56 Å². The molecule has 10 heteroatoms. The topological polar surface area (TPSA) is 107 Å². The summed E-state index contributed by atoms with van der Waals surface area (Å²) in [6.07, 6.45) is 1.49. The molecular weight excluding hydrogens is 554 g/mol. The average Bonchev–Trinajstić information content (AvgIpc) is 3.39. The van der Waals surface area contributed by atoms with Gasteiger partial charge in [-0.1, -0.05) is 44.2 Å². The van der Waals surface area contributed by atoms with Crippen molar-refractivity contribution in [3.8, 4) is 23.0 Å². The lowest BCUT2D eigenvalue weighted by molar-refractivity contribution is -0.123. The highest BCUT2D eigenvalue weighted by atomic mass is 79.9. The third kappa shape index (κ3) is 6.63. The van der Waals surface area contributed by atoms with E-state index in [4.69, 9.17) is 18.9 Å². The van der Waals surface area contributed by atoms with E-state index in [1.165, 1.54) is 6.21 Å². The van der Waals surface area contributed by atoms with Gasteiger partial charge in [0.25, 0.3) is 11.8 Å². The summed E-state index contributed by atoms with van der Waals surface area (Å²) in [6, 6.07) is 17.4. The Hall–Kier alpha value is -4.05. The molecule has 9 nitrogen and oxygen atoms in total. The predicted molar refractivity (Wildman–Crippen MR) is 146 cm³/mol. The number of hydrogen-bond acceptors (Lipinski definition) is 7. The van der Waals surface area contributed by atoms with E-state index >= 15 is 0 Å². The molecule has 1 heterocycles. The van der Waals surface area contributed by atoms with Crippen molar-refractivity contribution in [1.82, 2.24) is 10.7 Å². The Morgan fingerprint density at radius 1 is 1.08 bits per heavy atom. The van der Waals surface area contributed by atoms with E-state index in [0.29, 0.717) is 45.2 Å². The van der Waals surface area contributed by atoms with Crippen LogP contribution in [-0.4, -0.2) is 38.0 Å². The highest BCUT2D eigenvalue weighted by Crippen LogP contribution is 2.37. The van der Waals surface area contributed by atoms with Crippen molar-refractivity contribution in [2.24, 2.45) is 11.0 Å². The van der Waals surface area contributed by atoms with E-state index in [0.717, 1.165) is 5.56 Å². The molecule has 198 valence electrons. The van der Waals surface area contributed by atoms with E-state index in [1.807, 2.05) is 44.2 Å². The number of methoxy groups -OCH3 is 1. The minimum absolute atomic E-state index is 0.112. The highest BCUT2D eigenvalue weighted by Gasteiger charge is 2.25. The third-order valence-corrected chi connectivity index (χ3v) is 6.33. The molecule has 4 rings (SSSR count). The van der Waals surface area contributed by atoms with Gasteiger partial charge in [-0.25, -0.2) is 5.43 Å². The Bertz CT molecular complexity index is 1330. The minimum atomic E-state index is -0.805. The minimum Gasteiger partial charge on any atom is -0.493 e. The number of nitrogens with zero attached hydrogens (tertiary/aromatic N) is 1. The SMILES string of the molecule is COc1cc(C=NNC(=O)C(NC(=O)c2ccc3c(c2)OCO3)C(C)C)cc(Br)c1OCc1ccccc1. The molecular formula is C28H28BrN3O6. The fraction of sp³-hybridized carbons (Fsp3) is 0.250. The Labute approximate surface area is 229 Å². The molecule has 2 N–H and O–H groups in total. The standard InChI is InChI=1S/C28H28BrN3O6/c1-17(2)25(31-27(33)20-9-10-22-23(13-20)38-16-37-22)28(34)32-30-14-19-11-21(29)26(24(12-19)35-3)36-15-18-7-5-4-6-8-18/h4-14,17,25H,15-16H2,1-3H3,(H,31,33)(H,32,34).